The predicted molar refractivity (Wildman–Crippen MR) is 136 cm³/mol. The highest BCUT2D eigenvalue weighted by Gasteiger charge is 2.62. The number of thiol groups is 1. The molecule has 0 saturated heterocycles. The Morgan fingerprint density at radius 3 is 2.50 bits per heavy atom. The van der Waals surface area contributed by atoms with Gasteiger partial charge in [0.2, 0.25) is 0 Å². The van der Waals surface area contributed by atoms with Crippen LogP contribution in [0.5, 0.6) is 5.75 Å². The first-order valence-electron chi connectivity index (χ1n) is 12.4. The van der Waals surface area contributed by atoms with Gasteiger partial charge < -0.3 is 9.29 Å². The van der Waals surface area contributed by atoms with Gasteiger partial charge in [-0.15, -0.1) is 0 Å². The molecule has 3 saturated carbocycles. The van der Waals surface area contributed by atoms with E-state index < -0.39 is 0 Å². The third kappa shape index (κ3) is 3.86. The zero-order chi connectivity index (χ0) is 23.1. The SMILES string of the molecule is CC.CC12CCC(=O)C=C1CCC1C2C(c2ccc(OSS)cc2)CC2(C)C(O)CCC12. The highest BCUT2D eigenvalue weighted by Crippen LogP contribution is 2.68. The summed E-state index contributed by atoms with van der Waals surface area (Å²) in [5, 5.41) is 11.0. The summed E-state index contributed by atoms with van der Waals surface area (Å²) in [4.78, 5) is 12.2. The standard InChI is InChI=1S/C25H32O3S2.C2H6/c1-24-12-11-17(26)13-16(24)5-8-19-21-9-10-22(27)25(21,2)14-20(23(19)24)15-3-6-18(7-4-15)28-30-29;1-2/h3-4,6-7,13,19-23,27,29H,5,8-12,14H2,1-2H3;1-2H3. The molecule has 0 spiro atoms. The van der Waals surface area contributed by atoms with E-state index in [1.54, 1.807) is 0 Å². The lowest BCUT2D eigenvalue weighted by atomic mass is 9.44. The quantitative estimate of drug-likeness (QED) is 0.277. The number of ketones is 1. The fourth-order valence-electron chi connectivity index (χ4n) is 7.86. The molecule has 3 fully saturated rings. The molecule has 0 aliphatic heterocycles. The Bertz CT molecular complexity index is 866. The molecular formula is C27H38O3S2. The van der Waals surface area contributed by atoms with Crippen LogP contribution >= 0.6 is 22.7 Å². The molecular weight excluding hydrogens is 436 g/mol. The predicted octanol–water partition coefficient (Wildman–Crippen LogP) is 7.17. The van der Waals surface area contributed by atoms with E-state index in [0.29, 0.717) is 35.9 Å². The first-order valence-corrected chi connectivity index (χ1v) is 14.2. The van der Waals surface area contributed by atoms with E-state index in [1.165, 1.54) is 11.1 Å². The van der Waals surface area contributed by atoms with Crippen LogP contribution in [-0.4, -0.2) is 17.0 Å². The summed E-state index contributed by atoms with van der Waals surface area (Å²) in [5.41, 5.74) is 2.81. The van der Waals surface area contributed by atoms with E-state index >= 15 is 0 Å². The van der Waals surface area contributed by atoms with Crippen molar-refractivity contribution >= 4 is 28.5 Å². The van der Waals surface area contributed by atoms with Gasteiger partial charge in [-0.3, -0.25) is 4.79 Å². The summed E-state index contributed by atoms with van der Waals surface area (Å²) >= 11 is 5.15. The van der Waals surface area contributed by atoms with Gasteiger partial charge >= 0.3 is 0 Å². The molecule has 0 bridgehead atoms. The molecule has 0 aromatic heterocycles. The van der Waals surface area contributed by atoms with Crippen LogP contribution in [0.1, 0.15) is 84.1 Å². The van der Waals surface area contributed by atoms with Crippen LogP contribution < -0.4 is 4.18 Å². The van der Waals surface area contributed by atoms with Crippen LogP contribution in [0, 0.1) is 28.6 Å². The molecule has 0 heterocycles. The highest BCUT2D eigenvalue weighted by molar-refractivity contribution is 8.66. The Kier molecular flexibility index (Phi) is 7.10. The van der Waals surface area contributed by atoms with Crippen molar-refractivity contribution in [1.82, 2.24) is 0 Å². The summed E-state index contributed by atoms with van der Waals surface area (Å²) < 4.78 is 5.47. The molecule has 5 rings (SSSR count). The van der Waals surface area contributed by atoms with Crippen LogP contribution in [0.4, 0.5) is 0 Å². The second-order valence-electron chi connectivity index (χ2n) is 10.5. The molecule has 3 nitrogen and oxygen atoms in total. The Labute approximate surface area is 202 Å². The van der Waals surface area contributed by atoms with Crippen molar-refractivity contribution in [3.63, 3.8) is 0 Å². The van der Waals surface area contributed by atoms with E-state index in [1.807, 2.05) is 32.1 Å². The fourth-order valence-corrected chi connectivity index (χ4v) is 8.31. The highest BCUT2D eigenvalue weighted by atomic mass is 33.1. The van der Waals surface area contributed by atoms with Crippen LogP contribution in [-0.2, 0) is 4.79 Å². The average Bonchev–Trinajstić information content (AvgIpc) is 3.10. The number of allylic oxidation sites excluding steroid dienone is 1. The van der Waals surface area contributed by atoms with Gasteiger partial charge in [0.25, 0.3) is 0 Å². The third-order valence-electron chi connectivity index (χ3n) is 9.31. The van der Waals surface area contributed by atoms with Gasteiger partial charge in [0.1, 0.15) is 16.8 Å². The van der Waals surface area contributed by atoms with E-state index in [0.717, 1.165) is 55.3 Å². The van der Waals surface area contributed by atoms with E-state index in [9.17, 15) is 9.90 Å². The smallest absolute Gasteiger partial charge is 0.155 e. The molecule has 7 unspecified atom stereocenters. The lowest BCUT2D eigenvalue weighted by Crippen LogP contribution is -2.54. The summed E-state index contributed by atoms with van der Waals surface area (Å²) in [5.74, 6) is 3.25. The monoisotopic (exact) mass is 474 g/mol. The second kappa shape index (κ2) is 9.38. The summed E-state index contributed by atoms with van der Waals surface area (Å²) in [6.45, 7) is 8.77. The Morgan fingerprint density at radius 1 is 1.09 bits per heavy atom. The lowest BCUT2D eigenvalue weighted by Gasteiger charge is -2.61. The number of benzene rings is 1. The number of aliphatic hydroxyl groups excluding tert-OH is 1. The maximum Gasteiger partial charge on any atom is 0.155 e. The minimum absolute atomic E-state index is 0.00990. The van der Waals surface area contributed by atoms with Gasteiger partial charge in [-0.25, -0.2) is 0 Å². The molecule has 0 radical (unpaired) electrons. The van der Waals surface area contributed by atoms with E-state index in [2.05, 4.69) is 37.6 Å². The molecule has 0 amide bonds. The first kappa shape index (κ1) is 24.2. The molecule has 1 aromatic carbocycles. The van der Waals surface area contributed by atoms with Crippen LogP contribution in [0.3, 0.4) is 0 Å². The number of carbonyl (C=O) groups is 1. The third-order valence-corrected chi connectivity index (χ3v) is 9.81. The molecule has 4 aliphatic carbocycles. The van der Waals surface area contributed by atoms with Crippen molar-refractivity contribution in [2.45, 2.75) is 84.7 Å². The number of fused-ring (bicyclic) bond motifs is 5. The number of carbonyl (C=O) groups excluding carboxylic acids is 1. The topological polar surface area (TPSA) is 46.5 Å². The van der Waals surface area contributed by atoms with Gasteiger partial charge in [0, 0.05) is 6.42 Å². The minimum Gasteiger partial charge on any atom is -0.415 e. The molecule has 32 heavy (non-hydrogen) atoms. The Balaban J connectivity index is 0.00000119. The van der Waals surface area contributed by atoms with E-state index in [4.69, 9.17) is 4.18 Å². The van der Waals surface area contributed by atoms with Crippen LogP contribution in [0.25, 0.3) is 0 Å². The average molecular weight is 475 g/mol. The molecule has 4 aliphatic rings. The lowest BCUT2D eigenvalue weighted by molar-refractivity contribution is -0.118. The first-order chi connectivity index (χ1) is 15.4. The molecule has 7 atom stereocenters. The van der Waals surface area contributed by atoms with Crippen molar-refractivity contribution in [2.75, 3.05) is 0 Å². The van der Waals surface area contributed by atoms with Crippen molar-refractivity contribution in [1.29, 1.82) is 0 Å². The van der Waals surface area contributed by atoms with Gasteiger partial charge in [0.05, 0.1) is 6.10 Å². The number of aliphatic hydroxyl groups is 1. The van der Waals surface area contributed by atoms with Crippen molar-refractivity contribution in [2.24, 2.45) is 28.6 Å². The maximum atomic E-state index is 12.2. The summed E-state index contributed by atoms with van der Waals surface area (Å²) in [7, 11) is 0. The number of rotatable bonds is 3. The summed E-state index contributed by atoms with van der Waals surface area (Å²) in [6, 6.07) is 8.50. The van der Waals surface area contributed by atoms with Crippen molar-refractivity contribution < 1.29 is 14.1 Å². The van der Waals surface area contributed by atoms with Crippen LogP contribution in [0.15, 0.2) is 35.9 Å². The van der Waals surface area contributed by atoms with Gasteiger partial charge in [-0.05, 0) is 96.8 Å². The molecule has 5 heteroatoms. The second-order valence-corrected chi connectivity index (χ2v) is 11.3. The van der Waals surface area contributed by atoms with Gasteiger partial charge in [0.15, 0.2) is 5.78 Å². The van der Waals surface area contributed by atoms with Crippen molar-refractivity contribution in [3.05, 3.63) is 41.5 Å². The fraction of sp³-hybridized carbons (Fsp3) is 0.667. The van der Waals surface area contributed by atoms with Crippen molar-refractivity contribution in [3.8, 4) is 5.75 Å². The maximum absolute atomic E-state index is 12.2. The number of hydrogen-bond acceptors (Lipinski definition) is 5. The zero-order valence-electron chi connectivity index (χ0n) is 19.8. The molecule has 176 valence electrons. The zero-order valence-corrected chi connectivity index (χ0v) is 21.6. The molecule has 1 aromatic rings. The number of hydrogen-bond donors (Lipinski definition) is 2. The largest absolute Gasteiger partial charge is 0.415 e. The van der Waals surface area contributed by atoms with Gasteiger partial charge in [-0.2, -0.15) is 0 Å². The Hall–Kier alpha value is -0.910. The normalized spacial score (nSPS) is 40.2. The van der Waals surface area contributed by atoms with Gasteiger partial charge in [-0.1, -0.05) is 57.1 Å². The molecule has 1 N–H and O–H groups in total. The Morgan fingerprint density at radius 2 is 1.81 bits per heavy atom. The van der Waals surface area contributed by atoms with Crippen LogP contribution in [0.2, 0.25) is 0 Å². The minimum atomic E-state index is -0.202. The van der Waals surface area contributed by atoms with E-state index in [-0.39, 0.29) is 16.9 Å². The summed E-state index contributed by atoms with van der Waals surface area (Å²) in [6.07, 6.45) is 8.72.